The van der Waals surface area contributed by atoms with Gasteiger partial charge in [0.1, 0.15) is 0 Å². The van der Waals surface area contributed by atoms with Crippen LogP contribution in [0.1, 0.15) is 11.1 Å². The zero-order valence-corrected chi connectivity index (χ0v) is 14.7. The molecule has 0 nitrogen and oxygen atoms in total. The molecule has 3 rings (SSSR count). The summed E-state index contributed by atoms with van der Waals surface area (Å²) >= 11 is 11.5. The quantitative estimate of drug-likeness (QED) is 0.456. The molecule has 21 heavy (non-hydrogen) atoms. The van der Waals surface area contributed by atoms with E-state index in [1.807, 2.05) is 11.3 Å². The molecular weight excluding hydrogens is 364 g/mol. The van der Waals surface area contributed by atoms with Crippen LogP contribution in [0.4, 0.5) is 0 Å². The molecule has 0 saturated carbocycles. The Balaban J connectivity index is 1.76. The maximum Gasteiger partial charge on any atom is 0.0345 e. The molecular formula is C18H16BrClS. The number of halogens is 2. The second-order valence-electron chi connectivity index (χ2n) is 5.31. The lowest BCUT2D eigenvalue weighted by atomic mass is 9.94. The third-order valence-corrected chi connectivity index (χ3v) is 5.70. The zero-order valence-electron chi connectivity index (χ0n) is 11.6. The normalized spacial score (nSPS) is 12.7. The SMILES string of the molecule is ClCC(Cc1ccc(Br)cc1)Cc1csc2ccccc12. The third kappa shape index (κ3) is 3.68. The highest BCUT2D eigenvalue weighted by Gasteiger charge is 2.13. The average Bonchev–Trinajstić information content (AvgIpc) is 2.92. The van der Waals surface area contributed by atoms with Crippen molar-refractivity contribution in [1.29, 1.82) is 0 Å². The van der Waals surface area contributed by atoms with Gasteiger partial charge in [0.05, 0.1) is 0 Å². The Labute approximate surface area is 142 Å². The van der Waals surface area contributed by atoms with Crippen LogP contribution in [0.2, 0.25) is 0 Å². The molecule has 0 spiro atoms. The van der Waals surface area contributed by atoms with Crippen LogP contribution in [0.25, 0.3) is 10.1 Å². The number of thiophene rings is 1. The molecule has 1 unspecified atom stereocenters. The maximum atomic E-state index is 6.21. The highest BCUT2D eigenvalue weighted by atomic mass is 79.9. The minimum atomic E-state index is 0.478. The van der Waals surface area contributed by atoms with Gasteiger partial charge in [-0.3, -0.25) is 0 Å². The summed E-state index contributed by atoms with van der Waals surface area (Å²) in [4.78, 5) is 0. The number of hydrogen-bond donors (Lipinski definition) is 0. The monoisotopic (exact) mass is 378 g/mol. The number of benzene rings is 2. The molecule has 108 valence electrons. The molecule has 0 aliphatic rings. The lowest BCUT2D eigenvalue weighted by Crippen LogP contribution is -2.09. The van der Waals surface area contributed by atoms with Crippen molar-refractivity contribution < 1.29 is 0 Å². The summed E-state index contributed by atoms with van der Waals surface area (Å²) in [5.74, 6) is 1.17. The van der Waals surface area contributed by atoms with Crippen LogP contribution >= 0.6 is 38.9 Å². The first-order chi connectivity index (χ1) is 10.3. The van der Waals surface area contributed by atoms with E-state index in [1.54, 1.807) is 0 Å². The topological polar surface area (TPSA) is 0 Å². The van der Waals surface area contributed by atoms with E-state index in [4.69, 9.17) is 11.6 Å². The van der Waals surface area contributed by atoms with Crippen molar-refractivity contribution in [3.63, 3.8) is 0 Å². The van der Waals surface area contributed by atoms with Gasteiger partial charge in [0.2, 0.25) is 0 Å². The summed E-state index contributed by atoms with van der Waals surface area (Å²) < 4.78 is 2.49. The van der Waals surface area contributed by atoms with Crippen molar-refractivity contribution in [2.24, 2.45) is 5.92 Å². The summed E-state index contributed by atoms with van der Waals surface area (Å²) in [6.45, 7) is 0. The van der Waals surface area contributed by atoms with Crippen LogP contribution in [0.3, 0.4) is 0 Å². The minimum Gasteiger partial charge on any atom is -0.144 e. The van der Waals surface area contributed by atoms with Crippen LogP contribution < -0.4 is 0 Å². The van der Waals surface area contributed by atoms with E-state index in [9.17, 15) is 0 Å². The molecule has 1 aromatic heterocycles. The fourth-order valence-corrected chi connectivity index (χ4v) is 4.10. The van der Waals surface area contributed by atoms with Gasteiger partial charge in [0.25, 0.3) is 0 Å². The van der Waals surface area contributed by atoms with E-state index >= 15 is 0 Å². The van der Waals surface area contributed by atoms with Crippen LogP contribution in [0.5, 0.6) is 0 Å². The lowest BCUT2D eigenvalue weighted by molar-refractivity contribution is 0.587. The summed E-state index contributed by atoms with van der Waals surface area (Å²) in [5, 5.41) is 3.67. The molecule has 0 aliphatic heterocycles. The molecule has 0 radical (unpaired) electrons. The fraction of sp³-hybridized carbons (Fsp3) is 0.222. The van der Waals surface area contributed by atoms with Crippen molar-refractivity contribution in [3.8, 4) is 0 Å². The largest absolute Gasteiger partial charge is 0.144 e. The molecule has 1 heterocycles. The highest BCUT2D eigenvalue weighted by molar-refractivity contribution is 9.10. The van der Waals surface area contributed by atoms with E-state index in [1.165, 1.54) is 21.2 Å². The Morgan fingerprint density at radius 1 is 1.00 bits per heavy atom. The van der Waals surface area contributed by atoms with E-state index in [0.717, 1.165) is 17.3 Å². The van der Waals surface area contributed by atoms with Crippen molar-refractivity contribution in [2.75, 3.05) is 5.88 Å². The Kier molecular flexibility index (Phi) is 4.99. The summed E-state index contributed by atoms with van der Waals surface area (Å²) in [5.41, 5.74) is 2.78. The van der Waals surface area contributed by atoms with Crippen molar-refractivity contribution >= 4 is 49.0 Å². The first-order valence-electron chi connectivity index (χ1n) is 7.02. The third-order valence-electron chi connectivity index (χ3n) is 3.73. The van der Waals surface area contributed by atoms with Gasteiger partial charge >= 0.3 is 0 Å². The van der Waals surface area contributed by atoms with Gasteiger partial charge in [-0.1, -0.05) is 46.3 Å². The van der Waals surface area contributed by atoms with E-state index in [-0.39, 0.29) is 0 Å². The van der Waals surface area contributed by atoms with Gasteiger partial charge in [0, 0.05) is 15.1 Å². The summed E-state index contributed by atoms with van der Waals surface area (Å²) in [6.07, 6.45) is 2.07. The van der Waals surface area contributed by atoms with Crippen LogP contribution in [0, 0.1) is 5.92 Å². The smallest absolute Gasteiger partial charge is 0.0345 e. The van der Waals surface area contributed by atoms with Crippen molar-refractivity contribution in [3.05, 3.63) is 69.5 Å². The van der Waals surface area contributed by atoms with Crippen LogP contribution in [-0.4, -0.2) is 5.88 Å². The van der Waals surface area contributed by atoms with Gasteiger partial charge in [-0.15, -0.1) is 22.9 Å². The van der Waals surface area contributed by atoms with Crippen molar-refractivity contribution in [2.45, 2.75) is 12.8 Å². The fourth-order valence-electron chi connectivity index (χ4n) is 2.64. The first-order valence-corrected chi connectivity index (χ1v) is 9.22. The summed E-state index contributed by atoms with van der Waals surface area (Å²) in [7, 11) is 0. The average molecular weight is 380 g/mol. The van der Waals surface area contributed by atoms with Crippen molar-refractivity contribution in [1.82, 2.24) is 0 Å². The second-order valence-corrected chi connectivity index (χ2v) is 7.45. The van der Waals surface area contributed by atoms with Gasteiger partial charge in [-0.05, 0) is 58.9 Å². The molecule has 3 aromatic rings. The number of alkyl halides is 1. The van der Waals surface area contributed by atoms with Crippen LogP contribution in [-0.2, 0) is 12.8 Å². The molecule has 0 bridgehead atoms. The van der Waals surface area contributed by atoms with E-state index in [0.29, 0.717) is 11.8 Å². The maximum absolute atomic E-state index is 6.21. The molecule has 3 heteroatoms. The van der Waals surface area contributed by atoms with Crippen LogP contribution in [0.15, 0.2) is 58.4 Å². The predicted octanol–water partition coefficient (Wildman–Crippen LogP) is 6.30. The molecule has 0 aliphatic carbocycles. The zero-order chi connectivity index (χ0) is 14.7. The summed E-state index contributed by atoms with van der Waals surface area (Å²) in [6, 6.07) is 17.2. The number of rotatable bonds is 5. The van der Waals surface area contributed by atoms with Gasteiger partial charge in [-0.25, -0.2) is 0 Å². The molecule has 2 aromatic carbocycles. The van der Waals surface area contributed by atoms with Gasteiger partial charge < -0.3 is 0 Å². The standard InChI is InChI=1S/C18H16BrClS/c19-16-7-5-13(6-8-16)9-14(11-20)10-15-12-21-18-4-2-1-3-17(15)18/h1-8,12,14H,9-11H2. The molecule has 0 N–H and O–H groups in total. The molecule has 1 atom stereocenters. The Bertz CT molecular complexity index is 717. The number of fused-ring (bicyclic) bond motifs is 1. The predicted molar refractivity (Wildman–Crippen MR) is 97.6 cm³/mol. The first kappa shape index (κ1) is 15.1. The Hall–Kier alpha value is -0.830. The number of hydrogen-bond acceptors (Lipinski definition) is 1. The Morgan fingerprint density at radius 3 is 2.52 bits per heavy atom. The van der Waals surface area contributed by atoms with E-state index < -0.39 is 0 Å². The highest BCUT2D eigenvalue weighted by Crippen LogP contribution is 2.28. The van der Waals surface area contributed by atoms with E-state index in [2.05, 4.69) is 69.8 Å². The molecule has 0 fully saturated rings. The van der Waals surface area contributed by atoms with Gasteiger partial charge in [-0.2, -0.15) is 0 Å². The Morgan fingerprint density at radius 2 is 1.76 bits per heavy atom. The molecule has 0 saturated heterocycles. The van der Waals surface area contributed by atoms with Gasteiger partial charge in [0.15, 0.2) is 0 Å². The minimum absolute atomic E-state index is 0.478. The lowest BCUT2D eigenvalue weighted by Gasteiger charge is -2.13. The second kappa shape index (κ2) is 6.95. The molecule has 0 amide bonds.